The minimum Gasteiger partial charge on any atom is -0.367 e. The number of rotatable bonds is 4. The fourth-order valence-corrected chi connectivity index (χ4v) is 2.71. The predicted molar refractivity (Wildman–Crippen MR) is 88.0 cm³/mol. The Morgan fingerprint density at radius 2 is 1.75 bits per heavy atom. The van der Waals surface area contributed by atoms with Crippen LogP contribution in [0.15, 0.2) is 36.4 Å². The average Bonchev–Trinajstić information content (AvgIpc) is 2.78. The highest BCUT2D eigenvalue weighted by molar-refractivity contribution is 6.21. The van der Waals surface area contributed by atoms with Crippen molar-refractivity contribution >= 4 is 23.2 Å². The van der Waals surface area contributed by atoms with Gasteiger partial charge in [-0.05, 0) is 31.5 Å². The SMILES string of the molecule is Cc1ccc(NCN2C(=O)c3ccc([N+](=O)[O-])cc3C2=O)c(C)c1. The van der Waals surface area contributed by atoms with E-state index in [2.05, 4.69) is 5.32 Å². The summed E-state index contributed by atoms with van der Waals surface area (Å²) in [7, 11) is 0. The highest BCUT2D eigenvalue weighted by Gasteiger charge is 2.36. The van der Waals surface area contributed by atoms with Crippen molar-refractivity contribution in [3.63, 3.8) is 0 Å². The number of nitro groups is 1. The van der Waals surface area contributed by atoms with Gasteiger partial charge in [-0.25, -0.2) is 0 Å². The first kappa shape index (κ1) is 15.7. The number of imide groups is 1. The summed E-state index contributed by atoms with van der Waals surface area (Å²) in [6, 6.07) is 9.51. The van der Waals surface area contributed by atoms with E-state index in [0.717, 1.165) is 27.8 Å². The quantitative estimate of drug-likeness (QED) is 0.530. The first-order valence-electron chi connectivity index (χ1n) is 7.34. The Hall–Kier alpha value is -3.22. The van der Waals surface area contributed by atoms with Crippen LogP contribution in [0.5, 0.6) is 0 Å². The molecule has 1 aliphatic heterocycles. The molecule has 0 saturated heterocycles. The highest BCUT2D eigenvalue weighted by atomic mass is 16.6. The van der Waals surface area contributed by atoms with Gasteiger partial charge in [0.1, 0.15) is 0 Å². The van der Waals surface area contributed by atoms with Crippen LogP contribution in [0.4, 0.5) is 11.4 Å². The molecular formula is C17H15N3O4. The molecule has 0 aromatic heterocycles. The molecule has 0 bridgehead atoms. The fourth-order valence-electron chi connectivity index (χ4n) is 2.71. The molecule has 3 rings (SSSR count). The van der Waals surface area contributed by atoms with Crippen LogP contribution in [-0.4, -0.2) is 28.3 Å². The number of nitrogens with zero attached hydrogens (tertiary/aromatic N) is 2. The van der Waals surface area contributed by atoms with Gasteiger partial charge < -0.3 is 5.32 Å². The maximum absolute atomic E-state index is 12.4. The lowest BCUT2D eigenvalue weighted by molar-refractivity contribution is -0.384. The summed E-state index contributed by atoms with van der Waals surface area (Å²) in [4.78, 5) is 36.0. The minimum atomic E-state index is -0.589. The van der Waals surface area contributed by atoms with Gasteiger partial charge in [0.2, 0.25) is 0 Å². The molecule has 0 fully saturated rings. The second kappa shape index (κ2) is 5.77. The molecule has 1 N–H and O–H groups in total. The lowest BCUT2D eigenvalue weighted by Gasteiger charge is -2.17. The van der Waals surface area contributed by atoms with Crippen molar-refractivity contribution in [2.75, 3.05) is 12.0 Å². The van der Waals surface area contributed by atoms with E-state index in [-0.39, 0.29) is 23.5 Å². The molecule has 122 valence electrons. The van der Waals surface area contributed by atoms with Crippen LogP contribution in [0.25, 0.3) is 0 Å². The normalized spacial score (nSPS) is 13.2. The van der Waals surface area contributed by atoms with Gasteiger partial charge in [0.15, 0.2) is 0 Å². The Balaban J connectivity index is 1.82. The summed E-state index contributed by atoms with van der Waals surface area (Å²) in [5.74, 6) is -0.988. The topological polar surface area (TPSA) is 92.6 Å². The second-order valence-electron chi connectivity index (χ2n) is 5.68. The van der Waals surface area contributed by atoms with Crippen LogP contribution in [-0.2, 0) is 0 Å². The van der Waals surface area contributed by atoms with Gasteiger partial charge in [0.25, 0.3) is 17.5 Å². The van der Waals surface area contributed by atoms with Gasteiger partial charge in [-0.1, -0.05) is 17.7 Å². The van der Waals surface area contributed by atoms with E-state index in [1.165, 1.54) is 12.1 Å². The molecule has 0 saturated carbocycles. The number of carbonyl (C=O) groups excluding carboxylic acids is 2. The van der Waals surface area contributed by atoms with Gasteiger partial charge in [-0.2, -0.15) is 0 Å². The maximum Gasteiger partial charge on any atom is 0.270 e. The van der Waals surface area contributed by atoms with Crippen molar-refractivity contribution in [1.29, 1.82) is 0 Å². The van der Waals surface area contributed by atoms with Gasteiger partial charge in [0.05, 0.1) is 22.7 Å². The molecule has 0 unspecified atom stereocenters. The number of fused-ring (bicyclic) bond motifs is 1. The van der Waals surface area contributed by atoms with Crippen molar-refractivity contribution in [3.05, 3.63) is 68.8 Å². The monoisotopic (exact) mass is 325 g/mol. The number of hydrogen-bond donors (Lipinski definition) is 1. The third-order valence-corrected chi connectivity index (χ3v) is 3.97. The van der Waals surface area contributed by atoms with Crippen molar-refractivity contribution in [2.24, 2.45) is 0 Å². The number of aryl methyl sites for hydroxylation is 2. The van der Waals surface area contributed by atoms with Gasteiger partial charge in [-0.15, -0.1) is 0 Å². The smallest absolute Gasteiger partial charge is 0.270 e. The molecule has 7 heteroatoms. The average molecular weight is 325 g/mol. The van der Waals surface area contributed by atoms with Crippen LogP contribution in [0.2, 0.25) is 0 Å². The number of nitrogens with one attached hydrogen (secondary N) is 1. The largest absolute Gasteiger partial charge is 0.367 e. The molecule has 1 aliphatic rings. The van der Waals surface area contributed by atoms with Crippen molar-refractivity contribution in [3.8, 4) is 0 Å². The number of amides is 2. The Labute approximate surface area is 138 Å². The molecule has 0 radical (unpaired) electrons. The first-order valence-corrected chi connectivity index (χ1v) is 7.34. The number of nitro benzene ring substituents is 1. The van der Waals surface area contributed by atoms with Crippen LogP contribution in [0.3, 0.4) is 0 Å². The minimum absolute atomic E-state index is 0.00401. The number of carbonyl (C=O) groups is 2. The second-order valence-corrected chi connectivity index (χ2v) is 5.68. The molecule has 2 aromatic rings. The summed E-state index contributed by atoms with van der Waals surface area (Å²) in [6.07, 6.45) is 0. The Kier molecular flexibility index (Phi) is 3.76. The third kappa shape index (κ3) is 2.60. The molecule has 0 spiro atoms. The molecular weight excluding hydrogens is 310 g/mol. The molecule has 0 atom stereocenters. The van der Waals surface area contributed by atoms with Crippen LogP contribution in [0, 0.1) is 24.0 Å². The van der Waals surface area contributed by atoms with Gasteiger partial charge in [0, 0.05) is 17.8 Å². The Morgan fingerprint density at radius 3 is 2.42 bits per heavy atom. The molecule has 2 aromatic carbocycles. The summed E-state index contributed by atoms with van der Waals surface area (Å²) in [5, 5.41) is 13.9. The van der Waals surface area contributed by atoms with Crippen molar-refractivity contribution in [1.82, 2.24) is 4.90 Å². The van der Waals surface area contributed by atoms with Crippen molar-refractivity contribution in [2.45, 2.75) is 13.8 Å². The van der Waals surface area contributed by atoms with Gasteiger partial charge in [-0.3, -0.25) is 24.6 Å². The number of non-ortho nitro benzene ring substituents is 1. The van der Waals surface area contributed by atoms with E-state index in [0.29, 0.717) is 0 Å². The van der Waals surface area contributed by atoms with E-state index in [4.69, 9.17) is 0 Å². The summed E-state index contributed by atoms with van der Waals surface area (Å²) in [6.45, 7) is 3.92. The Morgan fingerprint density at radius 1 is 1.04 bits per heavy atom. The standard InChI is InChI=1S/C17H15N3O4/c1-10-3-6-15(11(2)7-10)18-9-19-16(21)13-5-4-12(20(23)24)8-14(13)17(19)22/h3-8,18H,9H2,1-2H3. The summed E-state index contributed by atoms with van der Waals surface area (Å²) < 4.78 is 0. The van der Waals surface area contributed by atoms with Crippen LogP contribution >= 0.6 is 0 Å². The van der Waals surface area contributed by atoms with E-state index in [1.54, 1.807) is 0 Å². The molecule has 1 heterocycles. The highest BCUT2D eigenvalue weighted by Crippen LogP contribution is 2.27. The van der Waals surface area contributed by atoms with E-state index in [1.807, 2.05) is 32.0 Å². The number of hydrogen-bond acceptors (Lipinski definition) is 5. The van der Waals surface area contributed by atoms with Crippen LogP contribution in [0.1, 0.15) is 31.8 Å². The predicted octanol–water partition coefficient (Wildman–Crippen LogP) is 2.88. The van der Waals surface area contributed by atoms with Gasteiger partial charge >= 0.3 is 0 Å². The Bertz CT molecular complexity index is 876. The summed E-state index contributed by atoms with van der Waals surface area (Å²) in [5.41, 5.74) is 2.99. The van der Waals surface area contributed by atoms with E-state index >= 15 is 0 Å². The zero-order valence-electron chi connectivity index (χ0n) is 13.2. The van der Waals surface area contributed by atoms with E-state index in [9.17, 15) is 19.7 Å². The lowest BCUT2D eigenvalue weighted by Crippen LogP contribution is -2.34. The third-order valence-electron chi connectivity index (χ3n) is 3.97. The van der Waals surface area contributed by atoms with E-state index < -0.39 is 16.7 Å². The maximum atomic E-state index is 12.4. The zero-order chi connectivity index (χ0) is 17.4. The number of benzene rings is 2. The molecule has 7 nitrogen and oxygen atoms in total. The lowest BCUT2D eigenvalue weighted by atomic mass is 10.1. The molecule has 2 amide bonds. The fraction of sp³-hybridized carbons (Fsp3) is 0.176. The first-order chi connectivity index (χ1) is 11.4. The van der Waals surface area contributed by atoms with Crippen LogP contribution < -0.4 is 5.32 Å². The number of anilines is 1. The van der Waals surface area contributed by atoms with Crippen molar-refractivity contribution < 1.29 is 14.5 Å². The zero-order valence-corrected chi connectivity index (χ0v) is 13.2. The summed E-state index contributed by atoms with van der Waals surface area (Å²) >= 11 is 0. The molecule has 0 aliphatic carbocycles. The molecule has 24 heavy (non-hydrogen) atoms.